The monoisotopic (exact) mass is 330 g/mol. The van der Waals surface area contributed by atoms with E-state index in [2.05, 4.69) is 0 Å². The molecule has 0 aliphatic carbocycles. The number of halogens is 3. The summed E-state index contributed by atoms with van der Waals surface area (Å²) in [7, 11) is 1.54. The van der Waals surface area contributed by atoms with E-state index in [1.807, 2.05) is 0 Å². The average molecular weight is 331 g/mol. The van der Waals surface area contributed by atoms with E-state index in [-0.39, 0.29) is 5.56 Å². The van der Waals surface area contributed by atoms with Crippen LogP contribution in [0, 0.1) is 11.6 Å². The van der Waals surface area contributed by atoms with Crippen LogP contribution in [0.1, 0.15) is 0 Å². The summed E-state index contributed by atoms with van der Waals surface area (Å²) in [6, 6.07) is 16.2. The van der Waals surface area contributed by atoms with Crippen LogP contribution in [0.25, 0.3) is 22.3 Å². The molecule has 116 valence electrons. The Labute approximate surface area is 138 Å². The van der Waals surface area contributed by atoms with Crippen molar-refractivity contribution < 1.29 is 13.5 Å². The Morgan fingerprint density at radius 3 is 2.35 bits per heavy atom. The smallest absolute Gasteiger partial charge is 0.141 e. The van der Waals surface area contributed by atoms with Gasteiger partial charge in [0.05, 0.1) is 12.7 Å². The summed E-state index contributed by atoms with van der Waals surface area (Å²) >= 11 is 5.93. The van der Waals surface area contributed by atoms with E-state index >= 15 is 0 Å². The third-order valence-electron chi connectivity index (χ3n) is 3.59. The Kier molecular flexibility index (Phi) is 4.30. The molecule has 1 nitrogen and oxygen atoms in total. The molecule has 0 fully saturated rings. The van der Waals surface area contributed by atoms with E-state index in [0.717, 1.165) is 0 Å². The average Bonchev–Trinajstić information content (AvgIpc) is 2.55. The molecule has 0 unspecified atom stereocenters. The van der Waals surface area contributed by atoms with Crippen LogP contribution >= 0.6 is 11.6 Å². The Morgan fingerprint density at radius 2 is 1.61 bits per heavy atom. The predicted molar refractivity (Wildman–Crippen MR) is 88.8 cm³/mol. The summed E-state index contributed by atoms with van der Waals surface area (Å²) in [5, 5.41) is 0.424. The minimum atomic E-state index is -0.628. The molecule has 0 amide bonds. The maximum absolute atomic E-state index is 14.9. The highest BCUT2D eigenvalue weighted by Gasteiger charge is 2.17. The summed E-state index contributed by atoms with van der Waals surface area (Å²) in [5.74, 6) is -0.646. The van der Waals surface area contributed by atoms with Gasteiger partial charge in [-0.05, 0) is 47.5 Å². The van der Waals surface area contributed by atoms with E-state index < -0.39 is 11.6 Å². The van der Waals surface area contributed by atoms with Gasteiger partial charge >= 0.3 is 0 Å². The first-order chi connectivity index (χ1) is 11.1. The molecule has 0 aliphatic heterocycles. The van der Waals surface area contributed by atoms with Crippen LogP contribution in [0.5, 0.6) is 5.75 Å². The SMILES string of the molecule is COc1cccc(-c2ccc(F)c(-c3cccc(Cl)c3)c2F)c1. The highest BCUT2D eigenvalue weighted by atomic mass is 35.5. The normalized spacial score (nSPS) is 10.6. The second-order valence-electron chi connectivity index (χ2n) is 5.03. The second-order valence-corrected chi connectivity index (χ2v) is 5.46. The van der Waals surface area contributed by atoms with Crippen LogP contribution in [-0.2, 0) is 0 Å². The minimum absolute atomic E-state index is 0.0900. The van der Waals surface area contributed by atoms with Crippen molar-refractivity contribution in [2.45, 2.75) is 0 Å². The van der Waals surface area contributed by atoms with E-state index in [1.165, 1.54) is 19.2 Å². The Bertz CT molecular complexity index is 862. The maximum atomic E-state index is 14.9. The van der Waals surface area contributed by atoms with Crippen LogP contribution in [0.15, 0.2) is 60.7 Å². The van der Waals surface area contributed by atoms with Gasteiger partial charge in [0, 0.05) is 10.6 Å². The number of hydrogen-bond donors (Lipinski definition) is 0. The molecule has 0 atom stereocenters. The third-order valence-corrected chi connectivity index (χ3v) is 3.82. The summed E-state index contributed by atoms with van der Waals surface area (Å²) in [4.78, 5) is 0. The third kappa shape index (κ3) is 3.06. The molecule has 0 radical (unpaired) electrons. The lowest BCUT2D eigenvalue weighted by molar-refractivity contribution is 0.415. The Balaban J connectivity index is 2.19. The fourth-order valence-corrected chi connectivity index (χ4v) is 2.66. The summed E-state index contributed by atoms with van der Waals surface area (Å²) in [6.07, 6.45) is 0. The number of hydrogen-bond acceptors (Lipinski definition) is 1. The number of rotatable bonds is 3. The van der Waals surface area contributed by atoms with Crippen LogP contribution in [0.4, 0.5) is 8.78 Å². The molecule has 0 heterocycles. The van der Waals surface area contributed by atoms with Crippen LogP contribution < -0.4 is 4.74 Å². The van der Waals surface area contributed by atoms with Crippen molar-refractivity contribution in [3.63, 3.8) is 0 Å². The van der Waals surface area contributed by atoms with E-state index in [0.29, 0.717) is 27.5 Å². The molecular weight excluding hydrogens is 318 g/mol. The van der Waals surface area contributed by atoms with Crippen molar-refractivity contribution in [2.24, 2.45) is 0 Å². The lowest BCUT2D eigenvalue weighted by Crippen LogP contribution is -1.94. The first-order valence-corrected chi connectivity index (χ1v) is 7.36. The molecule has 3 aromatic carbocycles. The van der Waals surface area contributed by atoms with Crippen molar-refractivity contribution in [3.05, 3.63) is 77.3 Å². The van der Waals surface area contributed by atoms with Gasteiger partial charge in [-0.1, -0.05) is 35.9 Å². The van der Waals surface area contributed by atoms with Crippen LogP contribution in [-0.4, -0.2) is 7.11 Å². The molecule has 3 aromatic rings. The predicted octanol–water partition coefficient (Wildman–Crippen LogP) is 5.96. The largest absolute Gasteiger partial charge is 0.497 e. The van der Waals surface area contributed by atoms with Gasteiger partial charge in [-0.3, -0.25) is 0 Å². The van der Waals surface area contributed by atoms with Gasteiger partial charge in [0.15, 0.2) is 0 Å². The fourth-order valence-electron chi connectivity index (χ4n) is 2.47. The molecular formula is C19H13ClF2O. The Morgan fingerprint density at radius 1 is 0.870 bits per heavy atom. The summed E-state index contributed by atoms with van der Waals surface area (Å²) in [5.41, 5.74) is 1.23. The highest BCUT2D eigenvalue weighted by molar-refractivity contribution is 6.30. The fraction of sp³-hybridized carbons (Fsp3) is 0.0526. The molecule has 3 rings (SSSR count). The zero-order valence-electron chi connectivity index (χ0n) is 12.3. The van der Waals surface area contributed by atoms with Gasteiger partial charge in [0.2, 0.25) is 0 Å². The lowest BCUT2D eigenvalue weighted by Gasteiger charge is -2.11. The molecule has 0 saturated heterocycles. The standard InChI is InChI=1S/C19H13ClF2O/c1-23-15-7-3-4-12(11-15)16-8-9-17(21)18(19(16)22)13-5-2-6-14(20)10-13/h2-11H,1H3. The lowest BCUT2D eigenvalue weighted by atomic mass is 9.97. The van der Waals surface area contributed by atoms with Crippen LogP contribution in [0.2, 0.25) is 5.02 Å². The van der Waals surface area contributed by atoms with Crippen molar-refractivity contribution >= 4 is 11.6 Å². The first-order valence-electron chi connectivity index (χ1n) is 6.98. The second kappa shape index (κ2) is 6.39. The number of methoxy groups -OCH3 is 1. The van der Waals surface area contributed by atoms with E-state index in [1.54, 1.807) is 48.5 Å². The van der Waals surface area contributed by atoms with Gasteiger partial charge in [-0.25, -0.2) is 8.78 Å². The molecule has 23 heavy (non-hydrogen) atoms. The molecule has 0 spiro atoms. The first kappa shape index (κ1) is 15.5. The zero-order chi connectivity index (χ0) is 16.4. The van der Waals surface area contributed by atoms with E-state index in [4.69, 9.17) is 16.3 Å². The van der Waals surface area contributed by atoms with Crippen molar-refractivity contribution in [2.75, 3.05) is 7.11 Å². The molecule has 0 aliphatic rings. The highest BCUT2D eigenvalue weighted by Crippen LogP contribution is 2.35. The molecule has 0 N–H and O–H groups in total. The molecule has 0 bridgehead atoms. The number of ether oxygens (including phenoxy) is 1. The minimum Gasteiger partial charge on any atom is -0.497 e. The summed E-state index contributed by atoms with van der Waals surface area (Å²) < 4.78 is 34.3. The van der Waals surface area contributed by atoms with Gasteiger partial charge in [-0.15, -0.1) is 0 Å². The topological polar surface area (TPSA) is 9.23 Å². The van der Waals surface area contributed by atoms with Gasteiger partial charge < -0.3 is 4.74 Å². The van der Waals surface area contributed by atoms with Crippen molar-refractivity contribution in [1.29, 1.82) is 0 Å². The Hall–Kier alpha value is -2.39. The maximum Gasteiger partial charge on any atom is 0.141 e. The van der Waals surface area contributed by atoms with Crippen molar-refractivity contribution in [1.82, 2.24) is 0 Å². The van der Waals surface area contributed by atoms with Gasteiger partial charge in [-0.2, -0.15) is 0 Å². The number of benzene rings is 3. The summed E-state index contributed by atoms with van der Waals surface area (Å²) in [6.45, 7) is 0. The molecule has 0 aromatic heterocycles. The van der Waals surface area contributed by atoms with Gasteiger partial charge in [0.1, 0.15) is 17.4 Å². The van der Waals surface area contributed by atoms with Crippen molar-refractivity contribution in [3.8, 4) is 28.0 Å². The van der Waals surface area contributed by atoms with Gasteiger partial charge in [0.25, 0.3) is 0 Å². The molecule has 0 saturated carbocycles. The van der Waals surface area contributed by atoms with Crippen LogP contribution in [0.3, 0.4) is 0 Å². The molecule has 4 heteroatoms. The quantitative estimate of drug-likeness (QED) is 0.575. The zero-order valence-corrected chi connectivity index (χ0v) is 13.1. The van der Waals surface area contributed by atoms with E-state index in [9.17, 15) is 8.78 Å².